The zero-order valence-electron chi connectivity index (χ0n) is 11.7. The van der Waals surface area contributed by atoms with Crippen molar-refractivity contribution in [3.63, 3.8) is 0 Å². The monoisotopic (exact) mass is 292 g/mol. The third-order valence-corrected chi connectivity index (χ3v) is 3.56. The largest absolute Gasteiger partial charge is 0.379 e. The third kappa shape index (κ3) is 4.42. The minimum Gasteiger partial charge on any atom is -0.379 e. The van der Waals surface area contributed by atoms with Gasteiger partial charge >= 0.3 is 0 Å². The molecular formula is C14H20N4O3. The van der Waals surface area contributed by atoms with Crippen LogP contribution in [0.3, 0.4) is 0 Å². The van der Waals surface area contributed by atoms with Crippen molar-refractivity contribution < 1.29 is 9.72 Å². The van der Waals surface area contributed by atoms with E-state index in [1.807, 2.05) is 0 Å². The van der Waals surface area contributed by atoms with E-state index in [0.29, 0.717) is 24.7 Å². The number of nitrogens with one attached hydrogen (secondary N) is 2. The molecular weight excluding hydrogens is 272 g/mol. The van der Waals surface area contributed by atoms with Crippen molar-refractivity contribution in [2.24, 2.45) is 11.7 Å². The molecule has 1 saturated carbocycles. The SMILES string of the molecule is NCC(NC(=O)CCNc1ccccc1[N+](=O)[O-])C1CC1. The van der Waals surface area contributed by atoms with Gasteiger partial charge in [0.05, 0.1) is 4.92 Å². The van der Waals surface area contributed by atoms with Gasteiger partial charge in [0.25, 0.3) is 5.69 Å². The first-order valence-electron chi connectivity index (χ1n) is 7.08. The lowest BCUT2D eigenvalue weighted by molar-refractivity contribution is -0.384. The van der Waals surface area contributed by atoms with E-state index in [1.54, 1.807) is 18.2 Å². The lowest BCUT2D eigenvalue weighted by Crippen LogP contribution is -2.42. The fourth-order valence-corrected chi connectivity index (χ4v) is 2.24. The van der Waals surface area contributed by atoms with Gasteiger partial charge in [0.1, 0.15) is 5.69 Å². The molecule has 7 heteroatoms. The van der Waals surface area contributed by atoms with Crippen LogP contribution < -0.4 is 16.4 Å². The maximum Gasteiger partial charge on any atom is 0.292 e. The van der Waals surface area contributed by atoms with E-state index < -0.39 is 4.92 Å². The number of carbonyl (C=O) groups is 1. The topological polar surface area (TPSA) is 110 Å². The summed E-state index contributed by atoms with van der Waals surface area (Å²) >= 11 is 0. The molecule has 0 bridgehead atoms. The molecule has 7 nitrogen and oxygen atoms in total. The summed E-state index contributed by atoms with van der Waals surface area (Å²) in [6.45, 7) is 0.798. The maximum absolute atomic E-state index is 11.8. The van der Waals surface area contributed by atoms with E-state index in [0.717, 1.165) is 12.8 Å². The van der Waals surface area contributed by atoms with Crippen LogP contribution in [0.4, 0.5) is 11.4 Å². The summed E-state index contributed by atoms with van der Waals surface area (Å²) in [6, 6.07) is 6.44. The van der Waals surface area contributed by atoms with Crippen molar-refractivity contribution in [2.45, 2.75) is 25.3 Å². The van der Waals surface area contributed by atoms with Crippen LogP contribution in [0.5, 0.6) is 0 Å². The number of benzene rings is 1. The molecule has 0 radical (unpaired) electrons. The maximum atomic E-state index is 11.8. The van der Waals surface area contributed by atoms with Crippen molar-refractivity contribution >= 4 is 17.3 Å². The summed E-state index contributed by atoms with van der Waals surface area (Å²) < 4.78 is 0. The summed E-state index contributed by atoms with van der Waals surface area (Å²) in [4.78, 5) is 22.2. The summed E-state index contributed by atoms with van der Waals surface area (Å²) in [7, 11) is 0. The second kappa shape index (κ2) is 7.03. The van der Waals surface area contributed by atoms with Gasteiger partial charge in [0.15, 0.2) is 0 Å². The van der Waals surface area contributed by atoms with Gasteiger partial charge in [0, 0.05) is 31.6 Å². The molecule has 4 N–H and O–H groups in total. The van der Waals surface area contributed by atoms with Gasteiger partial charge in [-0.15, -0.1) is 0 Å². The molecule has 0 aliphatic heterocycles. The van der Waals surface area contributed by atoms with Crippen molar-refractivity contribution in [1.82, 2.24) is 5.32 Å². The van der Waals surface area contributed by atoms with Crippen molar-refractivity contribution in [1.29, 1.82) is 0 Å². The van der Waals surface area contributed by atoms with Gasteiger partial charge in [-0.25, -0.2) is 0 Å². The van der Waals surface area contributed by atoms with Crippen LogP contribution in [0.15, 0.2) is 24.3 Å². The van der Waals surface area contributed by atoms with E-state index in [9.17, 15) is 14.9 Å². The van der Waals surface area contributed by atoms with Crippen LogP contribution in [-0.4, -0.2) is 30.0 Å². The smallest absolute Gasteiger partial charge is 0.292 e. The van der Waals surface area contributed by atoms with Crippen LogP contribution in [-0.2, 0) is 4.79 Å². The first kappa shape index (κ1) is 15.2. The third-order valence-electron chi connectivity index (χ3n) is 3.56. The molecule has 1 unspecified atom stereocenters. The van der Waals surface area contributed by atoms with E-state index in [-0.39, 0.29) is 24.1 Å². The Bertz CT molecular complexity index is 517. The average Bonchev–Trinajstić information content (AvgIpc) is 3.29. The van der Waals surface area contributed by atoms with Gasteiger partial charge in [0.2, 0.25) is 5.91 Å². The highest BCUT2D eigenvalue weighted by Gasteiger charge is 2.31. The Morgan fingerprint density at radius 2 is 2.14 bits per heavy atom. The number of para-hydroxylation sites is 2. The zero-order chi connectivity index (χ0) is 15.2. The fourth-order valence-electron chi connectivity index (χ4n) is 2.24. The average molecular weight is 292 g/mol. The molecule has 1 aliphatic rings. The highest BCUT2D eigenvalue weighted by Crippen LogP contribution is 2.32. The van der Waals surface area contributed by atoms with Crippen molar-refractivity contribution in [2.75, 3.05) is 18.4 Å². The van der Waals surface area contributed by atoms with Crippen LogP contribution >= 0.6 is 0 Å². The molecule has 0 saturated heterocycles. The molecule has 1 atom stereocenters. The number of hydrogen-bond acceptors (Lipinski definition) is 5. The Labute approximate surface area is 123 Å². The first-order valence-corrected chi connectivity index (χ1v) is 7.08. The van der Waals surface area contributed by atoms with Crippen LogP contribution in [0, 0.1) is 16.0 Å². The van der Waals surface area contributed by atoms with Gasteiger partial charge in [-0.1, -0.05) is 12.1 Å². The summed E-state index contributed by atoms with van der Waals surface area (Å²) in [5, 5.41) is 16.7. The standard InChI is InChI=1S/C14H20N4O3/c15-9-12(10-5-6-10)17-14(19)7-8-16-11-3-1-2-4-13(11)18(20)21/h1-4,10,12,16H,5-9,15H2,(H,17,19). The number of hydrogen-bond donors (Lipinski definition) is 3. The molecule has 1 aromatic rings. The van der Waals surface area contributed by atoms with Crippen molar-refractivity contribution in [3.05, 3.63) is 34.4 Å². The van der Waals surface area contributed by atoms with Crippen LogP contribution in [0.1, 0.15) is 19.3 Å². The molecule has 0 heterocycles. The molecule has 0 aromatic heterocycles. The number of carbonyl (C=O) groups excluding carboxylic acids is 1. The number of nitrogens with zero attached hydrogens (tertiary/aromatic N) is 1. The Balaban J connectivity index is 1.78. The Hall–Kier alpha value is -2.15. The van der Waals surface area contributed by atoms with Gasteiger partial charge in [-0.05, 0) is 24.8 Å². The fraction of sp³-hybridized carbons (Fsp3) is 0.500. The number of anilines is 1. The van der Waals surface area contributed by atoms with Crippen LogP contribution in [0.2, 0.25) is 0 Å². The molecule has 21 heavy (non-hydrogen) atoms. The first-order chi connectivity index (χ1) is 10.1. The molecule has 1 fully saturated rings. The lowest BCUT2D eigenvalue weighted by Gasteiger charge is -2.16. The van der Waals surface area contributed by atoms with Gasteiger partial charge in [-0.2, -0.15) is 0 Å². The zero-order valence-corrected chi connectivity index (χ0v) is 11.7. The van der Waals surface area contributed by atoms with E-state index >= 15 is 0 Å². The molecule has 114 valence electrons. The predicted molar refractivity (Wildman–Crippen MR) is 79.9 cm³/mol. The van der Waals surface area contributed by atoms with E-state index in [1.165, 1.54) is 6.07 Å². The Morgan fingerprint density at radius 3 is 2.76 bits per heavy atom. The molecule has 2 rings (SSSR count). The Kier molecular flexibility index (Phi) is 5.10. The number of nitro groups is 1. The lowest BCUT2D eigenvalue weighted by atomic mass is 10.2. The van der Waals surface area contributed by atoms with Crippen LogP contribution in [0.25, 0.3) is 0 Å². The second-order valence-electron chi connectivity index (χ2n) is 5.20. The summed E-state index contributed by atoms with van der Waals surface area (Å²) in [5.74, 6) is 0.436. The molecule has 1 aromatic carbocycles. The quantitative estimate of drug-likeness (QED) is 0.493. The minimum absolute atomic E-state index is 0.00993. The van der Waals surface area contributed by atoms with Gasteiger partial charge in [-0.3, -0.25) is 14.9 Å². The number of nitrogens with two attached hydrogens (primary N) is 1. The number of amides is 1. The van der Waals surface area contributed by atoms with Crippen molar-refractivity contribution in [3.8, 4) is 0 Å². The summed E-state index contributed by atoms with van der Waals surface area (Å²) in [6.07, 6.45) is 2.50. The number of rotatable bonds is 8. The Morgan fingerprint density at radius 1 is 1.43 bits per heavy atom. The highest BCUT2D eigenvalue weighted by molar-refractivity contribution is 5.77. The molecule has 1 amide bonds. The second-order valence-corrected chi connectivity index (χ2v) is 5.20. The van der Waals surface area contributed by atoms with Gasteiger partial charge < -0.3 is 16.4 Å². The minimum atomic E-state index is -0.444. The molecule has 1 aliphatic carbocycles. The van der Waals surface area contributed by atoms with E-state index in [2.05, 4.69) is 10.6 Å². The summed E-state index contributed by atoms with van der Waals surface area (Å²) in [5.41, 5.74) is 6.06. The molecule has 0 spiro atoms. The van der Waals surface area contributed by atoms with E-state index in [4.69, 9.17) is 5.73 Å². The number of nitro benzene ring substituents is 1. The predicted octanol–water partition coefficient (Wildman–Crippen LogP) is 1.25. The highest BCUT2D eigenvalue weighted by atomic mass is 16.6. The normalized spacial score (nSPS) is 15.3.